The van der Waals surface area contributed by atoms with E-state index in [2.05, 4.69) is 25.9 Å². The van der Waals surface area contributed by atoms with Crippen molar-refractivity contribution in [1.29, 1.82) is 0 Å². The molecule has 23 heavy (non-hydrogen) atoms. The maximum absolute atomic E-state index is 12.4. The minimum absolute atomic E-state index is 0.0374. The van der Waals surface area contributed by atoms with Gasteiger partial charge in [-0.05, 0) is 12.8 Å². The minimum atomic E-state index is -2.69. The van der Waals surface area contributed by atoms with Crippen LogP contribution >= 0.6 is 11.3 Å². The molecule has 2 N–H and O–H groups in total. The van der Waals surface area contributed by atoms with Crippen LogP contribution in [0.15, 0.2) is 0 Å². The lowest BCUT2D eigenvalue weighted by Gasteiger charge is -2.07. The number of urea groups is 1. The molecule has 2 heterocycles. The summed E-state index contributed by atoms with van der Waals surface area (Å²) >= 11 is 0.650. The van der Waals surface area contributed by atoms with Gasteiger partial charge in [-0.25, -0.2) is 13.6 Å². The Morgan fingerprint density at radius 2 is 2.04 bits per heavy atom. The topological polar surface area (TPSA) is 84.7 Å². The average molecular weight is 344 g/mol. The van der Waals surface area contributed by atoms with Gasteiger partial charge in [-0.15, -0.1) is 10.2 Å². The fourth-order valence-corrected chi connectivity index (χ4v) is 2.87. The fourth-order valence-electron chi connectivity index (χ4n) is 2.28. The van der Waals surface area contributed by atoms with Gasteiger partial charge in [-0.2, -0.15) is 5.10 Å². The smallest absolute Gasteiger partial charge is 0.321 e. The Morgan fingerprint density at radius 3 is 2.61 bits per heavy atom. The van der Waals surface area contributed by atoms with Gasteiger partial charge in [0.2, 0.25) is 5.13 Å². The number of nitrogens with zero attached hydrogens (tertiary/aromatic N) is 4. The highest BCUT2D eigenvalue weighted by molar-refractivity contribution is 7.15. The molecule has 0 saturated carbocycles. The lowest BCUT2D eigenvalue weighted by Crippen LogP contribution is -2.28. The van der Waals surface area contributed by atoms with Crippen molar-refractivity contribution in [2.45, 2.75) is 39.7 Å². The third-order valence-corrected chi connectivity index (χ3v) is 4.15. The molecule has 0 saturated heterocycles. The third kappa shape index (κ3) is 4.01. The van der Waals surface area contributed by atoms with Crippen molar-refractivity contribution >= 4 is 22.5 Å². The Balaban J connectivity index is 1.99. The number of rotatable bonds is 6. The Labute approximate surface area is 136 Å². The van der Waals surface area contributed by atoms with Crippen LogP contribution < -0.4 is 10.6 Å². The zero-order chi connectivity index (χ0) is 17.0. The first-order valence-corrected chi connectivity index (χ1v) is 7.97. The van der Waals surface area contributed by atoms with Crippen molar-refractivity contribution in [2.75, 3.05) is 5.32 Å². The Hall–Kier alpha value is -2.10. The number of anilines is 1. The van der Waals surface area contributed by atoms with Gasteiger partial charge >= 0.3 is 6.03 Å². The van der Waals surface area contributed by atoms with Crippen molar-refractivity contribution < 1.29 is 13.6 Å². The second-order valence-electron chi connectivity index (χ2n) is 4.76. The second-order valence-corrected chi connectivity index (χ2v) is 5.77. The second kappa shape index (κ2) is 7.44. The number of halogens is 2. The SMILES string of the molecule is CCc1nn(C)c(CC)c1CNC(=O)Nc1nnc(C(F)F)s1. The number of alkyl halides is 2. The van der Waals surface area contributed by atoms with E-state index in [4.69, 9.17) is 0 Å². The first-order chi connectivity index (χ1) is 11.0. The number of aryl methyl sites for hydroxylation is 2. The molecule has 2 rings (SSSR count). The number of aromatic nitrogens is 4. The zero-order valence-corrected chi connectivity index (χ0v) is 13.9. The van der Waals surface area contributed by atoms with E-state index in [0.29, 0.717) is 17.9 Å². The summed E-state index contributed by atoms with van der Waals surface area (Å²) in [4.78, 5) is 11.9. The number of carbonyl (C=O) groups excluding carboxylic acids is 1. The number of hydrogen-bond acceptors (Lipinski definition) is 5. The molecule has 126 valence electrons. The van der Waals surface area contributed by atoms with Gasteiger partial charge in [0.15, 0.2) is 5.01 Å². The van der Waals surface area contributed by atoms with Crippen molar-refractivity contribution in [2.24, 2.45) is 7.05 Å². The van der Waals surface area contributed by atoms with Crippen molar-refractivity contribution in [3.63, 3.8) is 0 Å². The van der Waals surface area contributed by atoms with Gasteiger partial charge in [-0.1, -0.05) is 25.2 Å². The van der Waals surface area contributed by atoms with Crippen molar-refractivity contribution in [3.05, 3.63) is 22.0 Å². The number of hydrogen-bond donors (Lipinski definition) is 2. The first kappa shape index (κ1) is 17.3. The van der Waals surface area contributed by atoms with Crippen LogP contribution in [0.5, 0.6) is 0 Å². The van der Waals surface area contributed by atoms with Crippen LogP contribution in [-0.2, 0) is 26.4 Å². The van der Waals surface area contributed by atoms with Crippen LogP contribution in [0.4, 0.5) is 18.7 Å². The van der Waals surface area contributed by atoms with Crippen molar-refractivity contribution in [3.8, 4) is 0 Å². The number of nitrogens with one attached hydrogen (secondary N) is 2. The molecule has 0 aliphatic carbocycles. The Bertz CT molecular complexity index is 684. The zero-order valence-electron chi connectivity index (χ0n) is 13.1. The predicted octanol–water partition coefficient (Wildman–Crippen LogP) is 2.66. The molecule has 0 atom stereocenters. The molecule has 0 unspecified atom stereocenters. The lowest BCUT2D eigenvalue weighted by atomic mass is 10.1. The third-order valence-electron chi connectivity index (χ3n) is 3.30. The first-order valence-electron chi connectivity index (χ1n) is 7.16. The quantitative estimate of drug-likeness (QED) is 0.844. The van der Waals surface area contributed by atoms with Crippen LogP contribution in [-0.4, -0.2) is 26.0 Å². The monoisotopic (exact) mass is 344 g/mol. The van der Waals surface area contributed by atoms with E-state index in [0.717, 1.165) is 29.8 Å². The summed E-state index contributed by atoms with van der Waals surface area (Å²) in [5.41, 5.74) is 2.97. The van der Waals surface area contributed by atoms with Gasteiger partial charge < -0.3 is 5.32 Å². The molecule has 0 aliphatic rings. The Kier molecular flexibility index (Phi) is 5.59. The maximum atomic E-state index is 12.4. The van der Waals surface area contributed by atoms with Crippen LogP contribution in [0.1, 0.15) is 42.2 Å². The molecular weight excluding hydrogens is 326 g/mol. The molecule has 0 spiro atoms. The van der Waals surface area contributed by atoms with E-state index < -0.39 is 17.5 Å². The van der Waals surface area contributed by atoms with Gasteiger partial charge in [0.1, 0.15) is 0 Å². The van der Waals surface area contributed by atoms with E-state index >= 15 is 0 Å². The van der Waals surface area contributed by atoms with E-state index in [1.54, 1.807) is 0 Å². The molecular formula is C13H18F2N6OS. The Morgan fingerprint density at radius 1 is 1.30 bits per heavy atom. The normalized spacial score (nSPS) is 11.0. The summed E-state index contributed by atoms with van der Waals surface area (Å²) in [5.74, 6) is 0. The molecule has 0 radical (unpaired) electrons. The summed E-state index contributed by atoms with van der Waals surface area (Å²) in [7, 11) is 1.87. The number of amides is 2. The highest BCUT2D eigenvalue weighted by Gasteiger charge is 2.17. The predicted molar refractivity (Wildman–Crippen MR) is 82.7 cm³/mol. The van der Waals surface area contributed by atoms with E-state index in [1.807, 2.05) is 25.6 Å². The summed E-state index contributed by atoms with van der Waals surface area (Å²) in [5, 5.41) is 16.0. The molecule has 0 aliphatic heterocycles. The van der Waals surface area contributed by atoms with E-state index in [1.165, 1.54) is 0 Å². The summed E-state index contributed by atoms with van der Waals surface area (Å²) in [6, 6.07) is -0.519. The van der Waals surface area contributed by atoms with Crippen LogP contribution in [0.25, 0.3) is 0 Å². The largest absolute Gasteiger partial charge is 0.334 e. The average Bonchev–Trinajstić information content (AvgIpc) is 3.09. The molecule has 0 aromatic carbocycles. The molecule has 0 bridgehead atoms. The lowest BCUT2D eigenvalue weighted by molar-refractivity contribution is 0.150. The number of carbonyl (C=O) groups is 1. The van der Waals surface area contributed by atoms with Gasteiger partial charge in [0.25, 0.3) is 6.43 Å². The molecule has 2 amide bonds. The molecule has 2 aromatic heterocycles. The molecule has 7 nitrogen and oxygen atoms in total. The van der Waals surface area contributed by atoms with E-state index in [9.17, 15) is 13.6 Å². The maximum Gasteiger partial charge on any atom is 0.321 e. The molecule has 10 heteroatoms. The van der Waals surface area contributed by atoms with Crippen LogP contribution in [0, 0.1) is 0 Å². The minimum Gasteiger partial charge on any atom is -0.334 e. The van der Waals surface area contributed by atoms with Crippen molar-refractivity contribution in [1.82, 2.24) is 25.3 Å². The van der Waals surface area contributed by atoms with Crippen LogP contribution in [0.2, 0.25) is 0 Å². The summed E-state index contributed by atoms with van der Waals surface area (Å²) in [6.45, 7) is 4.33. The van der Waals surface area contributed by atoms with Gasteiger partial charge in [0, 0.05) is 24.8 Å². The molecule has 0 fully saturated rings. The van der Waals surface area contributed by atoms with E-state index in [-0.39, 0.29) is 5.13 Å². The fraction of sp³-hybridized carbons (Fsp3) is 0.538. The standard InChI is InChI=1S/C13H18F2N6OS/c1-4-8-7(9(5-2)21(3)20-8)6-16-12(22)17-13-19-18-11(23-13)10(14)15/h10H,4-6H2,1-3H3,(H2,16,17,19,22). The summed E-state index contributed by atoms with van der Waals surface area (Å²) in [6.07, 6.45) is -1.13. The summed E-state index contributed by atoms with van der Waals surface area (Å²) < 4.78 is 26.7. The van der Waals surface area contributed by atoms with Crippen LogP contribution in [0.3, 0.4) is 0 Å². The van der Waals surface area contributed by atoms with Gasteiger partial charge in [0.05, 0.1) is 5.69 Å². The van der Waals surface area contributed by atoms with Gasteiger partial charge in [-0.3, -0.25) is 10.00 Å². The molecule has 2 aromatic rings. The highest BCUT2D eigenvalue weighted by atomic mass is 32.1. The highest BCUT2D eigenvalue weighted by Crippen LogP contribution is 2.25.